The summed E-state index contributed by atoms with van der Waals surface area (Å²) >= 11 is 0. The minimum atomic E-state index is 0.422. The van der Waals surface area contributed by atoms with Crippen LogP contribution in [0.1, 0.15) is 22.3 Å². The molecule has 0 amide bonds. The molecule has 15 heavy (non-hydrogen) atoms. The highest BCUT2D eigenvalue weighted by atomic mass is 16.3. The maximum absolute atomic E-state index is 9.86. The lowest BCUT2D eigenvalue weighted by Crippen LogP contribution is -1.87. The molecule has 0 spiro atoms. The number of aryl methyl sites for hydroxylation is 4. The average Bonchev–Trinajstić information content (AvgIpc) is 2.19. The van der Waals surface area contributed by atoms with Crippen molar-refractivity contribution in [2.45, 2.75) is 27.7 Å². The molecule has 2 aromatic carbocycles. The quantitative estimate of drug-likeness (QED) is 0.686. The first-order chi connectivity index (χ1) is 7.00. The first kappa shape index (κ1) is 10.0. The average molecular weight is 200 g/mol. The smallest absolute Gasteiger partial charge is 0.122 e. The van der Waals surface area contributed by atoms with Gasteiger partial charge in [0.15, 0.2) is 0 Å². The van der Waals surface area contributed by atoms with Crippen LogP contribution in [0.4, 0.5) is 0 Å². The zero-order valence-electron chi connectivity index (χ0n) is 9.68. The molecule has 1 nitrogen and oxygen atoms in total. The molecule has 0 aliphatic rings. The van der Waals surface area contributed by atoms with E-state index in [9.17, 15) is 5.11 Å². The van der Waals surface area contributed by atoms with Crippen LogP contribution in [0.5, 0.6) is 5.75 Å². The van der Waals surface area contributed by atoms with Gasteiger partial charge in [-0.2, -0.15) is 0 Å². The van der Waals surface area contributed by atoms with Gasteiger partial charge in [0.1, 0.15) is 5.75 Å². The fraction of sp³-hybridized carbons (Fsp3) is 0.286. The summed E-state index contributed by atoms with van der Waals surface area (Å²) < 4.78 is 0. The standard InChI is InChI=1S/C14H16O/c1-8-5-12-6-10(3)14(15)11(4)13(12)7-9(8)2/h5-7,15H,1-4H3. The molecule has 0 heterocycles. The third-order valence-electron chi connectivity index (χ3n) is 3.17. The summed E-state index contributed by atoms with van der Waals surface area (Å²) in [4.78, 5) is 0. The number of rotatable bonds is 0. The van der Waals surface area contributed by atoms with E-state index >= 15 is 0 Å². The molecule has 1 N–H and O–H groups in total. The third kappa shape index (κ3) is 1.48. The van der Waals surface area contributed by atoms with Crippen molar-refractivity contribution >= 4 is 10.8 Å². The molecular weight excluding hydrogens is 184 g/mol. The second kappa shape index (κ2) is 3.27. The van der Waals surface area contributed by atoms with E-state index in [0.29, 0.717) is 5.75 Å². The minimum Gasteiger partial charge on any atom is -0.507 e. The Morgan fingerprint density at radius 3 is 2.00 bits per heavy atom. The first-order valence-electron chi connectivity index (χ1n) is 5.21. The lowest BCUT2D eigenvalue weighted by atomic mass is 9.97. The Labute approximate surface area is 90.4 Å². The van der Waals surface area contributed by atoms with E-state index < -0.39 is 0 Å². The van der Waals surface area contributed by atoms with Crippen LogP contribution in [0, 0.1) is 27.7 Å². The van der Waals surface area contributed by atoms with Gasteiger partial charge in [-0.3, -0.25) is 0 Å². The maximum Gasteiger partial charge on any atom is 0.122 e. The van der Waals surface area contributed by atoms with Crippen molar-refractivity contribution in [1.29, 1.82) is 0 Å². The molecule has 0 saturated carbocycles. The summed E-state index contributed by atoms with van der Waals surface area (Å²) in [6.07, 6.45) is 0. The van der Waals surface area contributed by atoms with Crippen molar-refractivity contribution in [2.24, 2.45) is 0 Å². The number of hydrogen-bond donors (Lipinski definition) is 1. The molecule has 0 aromatic heterocycles. The number of phenols is 1. The van der Waals surface area contributed by atoms with Crippen LogP contribution in [-0.2, 0) is 0 Å². The van der Waals surface area contributed by atoms with E-state index in [1.165, 1.54) is 16.5 Å². The van der Waals surface area contributed by atoms with Crippen LogP contribution in [-0.4, -0.2) is 5.11 Å². The summed E-state index contributed by atoms with van der Waals surface area (Å²) in [6, 6.07) is 6.38. The fourth-order valence-corrected chi connectivity index (χ4v) is 2.01. The summed E-state index contributed by atoms with van der Waals surface area (Å²) in [5.74, 6) is 0.422. The Bertz CT molecular complexity index is 534. The SMILES string of the molecule is Cc1cc2cc(C)c(O)c(C)c2cc1C. The van der Waals surface area contributed by atoms with Crippen molar-refractivity contribution in [3.8, 4) is 5.75 Å². The van der Waals surface area contributed by atoms with Gasteiger partial charge in [-0.15, -0.1) is 0 Å². The van der Waals surface area contributed by atoms with Crippen LogP contribution in [0.25, 0.3) is 10.8 Å². The molecule has 0 unspecified atom stereocenters. The summed E-state index contributed by atoms with van der Waals surface area (Å²) in [7, 11) is 0. The number of fused-ring (bicyclic) bond motifs is 1. The second-order valence-corrected chi connectivity index (χ2v) is 4.32. The van der Waals surface area contributed by atoms with E-state index in [-0.39, 0.29) is 0 Å². The molecule has 1 heteroatoms. The van der Waals surface area contributed by atoms with Gasteiger partial charge in [0, 0.05) is 0 Å². The maximum atomic E-state index is 9.86. The molecule has 0 atom stereocenters. The summed E-state index contributed by atoms with van der Waals surface area (Å²) in [5.41, 5.74) is 4.50. The Morgan fingerprint density at radius 1 is 0.800 bits per heavy atom. The van der Waals surface area contributed by atoms with Crippen molar-refractivity contribution in [1.82, 2.24) is 0 Å². The van der Waals surface area contributed by atoms with E-state index in [2.05, 4.69) is 26.0 Å². The fourth-order valence-electron chi connectivity index (χ4n) is 2.01. The van der Waals surface area contributed by atoms with E-state index in [1.54, 1.807) is 0 Å². The van der Waals surface area contributed by atoms with Gasteiger partial charge >= 0.3 is 0 Å². The van der Waals surface area contributed by atoms with E-state index in [4.69, 9.17) is 0 Å². The highest BCUT2D eigenvalue weighted by Gasteiger charge is 2.07. The molecule has 78 valence electrons. The molecule has 0 bridgehead atoms. The van der Waals surface area contributed by atoms with Gasteiger partial charge in [-0.25, -0.2) is 0 Å². The molecule has 2 aromatic rings. The van der Waals surface area contributed by atoms with Crippen LogP contribution in [0.15, 0.2) is 18.2 Å². The van der Waals surface area contributed by atoms with Crippen molar-refractivity contribution in [3.05, 3.63) is 40.5 Å². The summed E-state index contributed by atoms with van der Waals surface area (Å²) in [5, 5.41) is 12.2. The van der Waals surface area contributed by atoms with Gasteiger partial charge in [0.25, 0.3) is 0 Å². The highest BCUT2D eigenvalue weighted by molar-refractivity contribution is 5.89. The molecule has 0 radical (unpaired) electrons. The normalized spacial score (nSPS) is 10.9. The van der Waals surface area contributed by atoms with Crippen LogP contribution in [0.2, 0.25) is 0 Å². The first-order valence-corrected chi connectivity index (χ1v) is 5.21. The van der Waals surface area contributed by atoms with Crippen LogP contribution < -0.4 is 0 Å². The van der Waals surface area contributed by atoms with Crippen molar-refractivity contribution in [3.63, 3.8) is 0 Å². The Balaban J connectivity index is 2.93. The zero-order valence-corrected chi connectivity index (χ0v) is 9.68. The van der Waals surface area contributed by atoms with Crippen molar-refractivity contribution in [2.75, 3.05) is 0 Å². The molecule has 0 aliphatic heterocycles. The van der Waals surface area contributed by atoms with Crippen LogP contribution >= 0.6 is 0 Å². The molecule has 2 rings (SSSR count). The number of benzene rings is 2. The molecule has 0 aliphatic carbocycles. The molecular formula is C14H16O. The number of hydrogen-bond acceptors (Lipinski definition) is 1. The Kier molecular flexibility index (Phi) is 2.18. The number of aromatic hydroxyl groups is 1. The Morgan fingerprint density at radius 2 is 1.33 bits per heavy atom. The van der Waals surface area contributed by atoms with Gasteiger partial charge < -0.3 is 5.11 Å². The monoisotopic (exact) mass is 200 g/mol. The lowest BCUT2D eigenvalue weighted by Gasteiger charge is -2.10. The zero-order chi connectivity index (χ0) is 11.2. The highest BCUT2D eigenvalue weighted by Crippen LogP contribution is 2.31. The summed E-state index contributed by atoms with van der Waals surface area (Å²) in [6.45, 7) is 8.13. The molecule has 0 saturated heterocycles. The van der Waals surface area contributed by atoms with Gasteiger partial charge in [0.2, 0.25) is 0 Å². The van der Waals surface area contributed by atoms with Gasteiger partial charge in [0.05, 0.1) is 0 Å². The Hall–Kier alpha value is -1.50. The van der Waals surface area contributed by atoms with Crippen LogP contribution in [0.3, 0.4) is 0 Å². The van der Waals surface area contributed by atoms with Crippen molar-refractivity contribution < 1.29 is 5.11 Å². The van der Waals surface area contributed by atoms with Gasteiger partial charge in [-0.1, -0.05) is 12.1 Å². The van der Waals surface area contributed by atoms with E-state index in [1.807, 2.05) is 19.9 Å². The largest absolute Gasteiger partial charge is 0.507 e. The number of phenolic OH excluding ortho intramolecular Hbond substituents is 1. The minimum absolute atomic E-state index is 0.422. The topological polar surface area (TPSA) is 20.2 Å². The van der Waals surface area contributed by atoms with Gasteiger partial charge in [-0.05, 0) is 66.8 Å². The van der Waals surface area contributed by atoms with E-state index in [0.717, 1.165) is 16.5 Å². The second-order valence-electron chi connectivity index (χ2n) is 4.32. The molecule has 0 fully saturated rings. The predicted molar refractivity (Wildman–Crippen MR) is 64.6 cm³/mol. The predicted octanol–water partition coefficient (Wildman–Crippen LogP) is 3.78. The third-order valence-corrected chi connectivity index (χ3v) is 3.17. The lowest BCUT2D eigenvalue weighted by molar-refractivity contribution is 0.468.